The maximum atomic E-state index is 12.7. The van der Waals surface area contributed by atoms with Crippen LogP contribution in [0.5, 0.6) is 0 Å². The van der Waals surface area contributed by atoms with Gasteiger partial charge < -0.3 is 18.9 Å². The van der Waals surface area contributed by atoms with Crippen LogP contribution in [0, 0.1) is 47.3 Å². The molecule has 7 nitrogen and oxygen atoms in total. The van der Waals surface area contributed by atoms with Gasteiger partial charge in [-0.1, -0.05) is 185 Å². The highest BCUT2D eigenvalue weighted by molar-refractivity contribution is 7.47. The summed E-state index contributed by atoms with van der Waals surface area (Å²) >= 11 is 0. The van der Waals surface area contributed by atoms with Gasteiger partial charge in [-0.25, -0.2) is 4.57 Å². The average Bonchev–Trinajstić information content (AvgIpc) is 3.11. The van der Waals surface area contributed by atoms with E-state index in [1.165, 1.54) is 116 Å². The van der Waals surface area contributed by atoms with E-state index in [2.05, 4.69) is 69.2 Å². The first kappa shape index (κ1) is 56.0. The van der Waals surface area contributed by atoms with Crippen molar-refractivity contribution < 1.29 is 32.5 Å². The highest BCUT2D eigenvalue weighted by Gasteiger charge is 2.25. The largest absolute Gasteiger partial charge is 0.472 e. The smallest absolute Gasteiger partial charge is 0.378 e. The Hall–Kier alpha value is -0.0100. The lowest BCUT2D eigenvalue weighted by Crippen LogP contribution is -2.37. The Morgan fingerprint density at radius 2 is 0.804 bits per heavy atom. The summed E-state index contributed by atoms with van der Waals surface area (Å²) in [4.78, 5) is 10.4. The van der Waals surface area contributed by atoms with Crippen molar-refractivity contribution in [3.8, 4) is 0 Å². The number of hydrogen-bond donors (Lipinski definition) is 1. The van der Waals surface area contributed by atoms with E-state index in [-0.39, 0.29) is 13.2 Å². The molecule has 0 aliphatic carbocycles. The fraction of sp³-hybridized carbons (Fsp3) is 1.00. The van der Waals surface area contributed by atoms with E-state index in [1.54, 1.807) is 0 Å². The number of quaternary nitrogens is 1. The van der Waals surface area contributed by atoms with E-state index in [9.17, 15) is 9.46 Å². The minimum Gasteiger partial charge on any atom is -0.378 e. The van der Waals surface area contributed by atoms with Crippen molar-refractivity contribution in [2.45, 2.75) is 204 Å². The van der Waals surface area contributed by atoms with Gasteiger partial charge in [0.25, 0.3) is 0 Å². The van der Waals surface area contributed by atoms with Gasteiger partial charge in [0.1, 0.15) is 19.3 Å². The summed E-state index contributed by atoms with van der Waals surface area (Å²) in [5.41, 5.74) is 0. The number of ether oxygens (including phenoxy) is 2. The summed E-state index contributed by atoms with van der Waals surface area (Å²) in [6, 6.07) is 0. The molecule has 0 aromatic heterocycles. The molecule has 0 aliphatic rings. The van der Waals surface area contributed by atoms with E-state index < -0.39 is 13.9 Å². The number of hydrogen-bond acceptors (Lipinski definition) is 5. The quantitative estimate of drug-likeness (QED) is 0.0490. The second-order valence-electron chi connectivity index (χ2n) is 20.3. The first-order chi connectivity index (χ1) is 26.4. The molecule has 0 heterocycles. The van der Waals surface area contributed by atoms with Gasteiger partial charge in [-0.15, -0.1) is 0 Å². The normalized spacial score (nSPS) is 18.5. The first-order valence-corrected chi connectivity index (χ1v) is 25.5. The van der Waals surface area contributed by atoms with Crippen molar-refractivity contribution in [1.29, 1.82) is 0 Å². The van der Waals surface area contributed by atoms with Gasteiger partial charge in [-0.05, 0) is 60.2 Å². The minimum atomic E-state index is -4.18. The zero-order valence-corrected chi connectivity index (χ0v) is 40.9. The van der Waals surface area contributed by atoms with Crippen LogP contribution in [0.1, 0.15) is 198 Å². The molecule has 0 bridgehead atoms. The summed E-state index contributed by atoms with van der Waals surface area (Å²) < 4.78 is 36.5. The maximum absolute atomic E-state index is 12.7. The molecule has 0 saturated heterocycles. The molecular formula is C48H101NO6P+. The molecule has 0 fully saturated rings. The van der Waals surface area contributed by atoms with Gasteiger partial charge >= 0.3 is 7.82 Å². The lowest BCUT2D eigenvalue weighted by Gasteiger charge is -2.25. The van der Waals surface area contributed by atoms with Gasteiger partial charge in [0.2, 0.25) is 0 Å². The Bertz CT molecular complexity index is 930. The molecule has 0 aliphatic heterocycles. The number of likely N-dealkylation sites (N-methyl/N-ethyl adjacent to an activating group) is 1. The van der Waals surface area contributed by atoms with E-state index in [0.29, 0.717) is 42.7 Å². The Kier molecular flexibility index (Phi) is 33.7. The predicted octanol–water partition coefficient (Wildman–Crippen LogP) is 14.2. The summed E-state index contributed by atoms with van der Waals surface area (Å²) in [5, 5.41) is 0. The summed E-state index contributed by atoms with van der Waals surface area (Å²) in [5.74, 6) is 5.83. The fourth-order valence-electron chi connectivity index (χ4n) is 7.53. The van der Waals surface area contributed by atoms with Crippen LogP contribution >= 0.6 is 7.82 Å². The van der Waals surface area contributed by atoms with Crippen LogP contribution in [0.15, 0.2) is 0 Å². The standard InChI is InChI=1S/C48H100NO6P/c1-14-40(3)22-16-24-42(5)26-18-28-44(7)30-20-32-46(9)36-52-38-48(39-55-56(50,51)54-35-34-49(11,12)13)53-37-47(10)33-21-31-45(8)29-19-27-43(6)25-17-23-41(4)15-2/h40-48H,14-39H2,1-13H3/p+1/t40?,41?,42?,43?,44?,45?,46?,47?,48-/m1/s1. The van der Waals surface area contributed by atoms with E-state index in [0.717, 1.165) is 48.3 Å². The summed E-state index contributed by atoms with van der Waals surface area (Å²) in [6.07, 6.45) is 25.8. The molecule has 1 N–H and O–H groups in total. The van der Waals surface area contributed by atoms with Crippen molar-refractivity contribution in [3.05, 3.63) is 0 Å². The molecule has 0 aromatic carbocycles. The third-order valence-electron chi connectivity index (χ3n) is 12.5. The molecule has 10 atom stereocenters. The number of nitrogens with zero attached hydrogens (tertiary/aromatic N) is 1. The average molecular weight is 819 g/mol. The monoisotopic (exact) mass is 819 g/mol. The van der Waals surface area contributed by atoms with Crippen LogP contribution in [0.2, 0.25) is 0 Å². The Morgan fingerprint density at radius 3 is 1.16 bits per heavy atom. The molecule has 0 spiro atoms. The zero-order valence-electron chi connectivity index (χ0n) is 40.0. The highest BCUT2D eigenvalue weighted by atomic mass is 31.2. The van der Waals surface area contributed by atoms with Gasteiger partial charge in [0.15, 0.2) is 0 Å². The molecule has 56 heavy (non-hydrogen) atoms. The minimum absolute atomic E-state index is 0.0274. The SMILES string of the molecule is CCC(C)CCCC(C)CCCC(C)CCCC(C)COC[C@H](COP(=O)(O)OCC[N+](C)(C)C)OCC(C)CCCC(C)CCCC(C)CCCC(C)CC. The topological polar surface area (TPSA) is 74.2 Å². The molecule has 9 unspecified atom stereocenters. The van der Waals surface area contributed by atoms with Gasteiger partial charge in [-0.3, -0.25) is 9.05 Å². The maximum Gasteiger partial charge on any atom is 0.472 e. The zero-order chi connectivity index (χ0) is 42.4. The Balaban J connectivity index is 4.62. The number of phosphoric acid groups is 1. The fourth-order valence-corrected chi connectivity index (χ4v) is 8.27. The third-order valence-corrected chi connectivity index (χ3v) is 13.5. The van der Waals surface area contributed by atoms with E-state index >= 15 is 0 Å². The van der Waals surface area contributed by atoms with Crippen molar-refractivity contribution in [3.63, 3.8) is 0 Å². The molecule has 0 saturated carbocycles. The summed E-state index contributed by atoms with van der Waals surface area (Å²) in [6.45, 7) is 25.9. The molecular weight excluding hydrogens is 718 g/mol. The lowest BCUT2D eigenvalue weighted by molar-refractivity contribution is -0.870. The molecule has 0 aromatic rings. The molecule has 8 heteroatoms. The van der Waals surface area contributed by atoms with Gasteiger partial charge in [-0.2, -0.15) is 0 Å². The van der Waals surface area contributed by atoms with Crippen molar-refractivity contribution in [2.75, 3.05) is 60.7 Å². The van der Waals surface area contributed by atoms with Crippen LogP contribution in [0.3, 0.4) is 0 Å². The molecule has 0 radical (unpaired) electrons. The second kappa shape index (κ2) is 33.7. The van der Waals surface area contributed by atoms with Crippen molar-refractivity contribution in [2.24, 2.45) is 47.3 Å². The van der Waals surface area contributed by atoms with Crippen LogP contribution < -0.4 is 0 Å². The number of rotatable bonds is 40. The van der Waals surface area contributed by atoms with E-state index in [1.807, 2.05) is 21.1 Å². The Labute approximate surface area is 351 Å². The van der Waals surface area contributed by atoms with Crippen LogP contribution in [0.4, 0.5) is 0 Å². The van der Waals surface area contributed by atoms with Crippen molar-refractivity contribution >= 4 is 7.82 Å². The number of phosphoric ester groups is 1. The molecule has 338 valence electrons. The predicted molar refractivity (Wildman–Crippen MR) is 242 cm³/mol. The first-order valence-electron chi connectivity index (χ1n) is 24.0. The van der Waals surface area contributed by atoms with Crippen LogP contribution in [-0.4, -0.2) is 76.2 Å². The molecule has 0 rings (SSSR count). The Morgan fingerprint density at radius 1 is 0.464 bits per heavy atom. The summed E-state index contributed by atoms with van der Waals surface area (Å²) in [7, 11) is 1.88. The van der Waals surface area contributed by atoms with Crippen LogP contribution in [-0.2, 0) is 23.1 Å². The van der Waals surface area contributed by atoms with Crippen molar-refractivity contribution in [1.82, 2.24) is 0 Å². The lowest BCUT2D eigenvalue weighted by atomic mass is 9.91. The highest BCUT2D eigenvalue weighted by Crippen LogP contribution is 2.43. The molecule has 0 amide bonds. The second-order valence-corrected chi connectivity index (χ2v) is 21.8. The van der Waals surface area contributed by atoms with Gasteiger partial charge in [0, 0.05) is 13.2 Å². The van der Waals surface area contributed by atoms with E-state index in [4.69, 9.17) is 18.5 Å². The third kappa shape index (κ3) is 35.9. The van der Waals surface area contributed by atoms with Crippen LogP contribution in [0.25, 0.3) is 0 Å². The van der Waals surface area contributed by atoms with Gasteiger partial charge in [0.05, 0.1) is 34.4 Å².